The van der Waals surface area contributed by atoms with Crippen LogP contribution in [0.15, 0.2) is 59.4 Å². The number of nitrogens with zero attached hydrogens (tertiary/aromatic N) is 5. The molecule has 1 aliphatic heterocycles. The molecular weight excluding hydrogens is 473 g/mol. The second-order valence-corrected chi connectivity index (χ2v) is 8.93. The molecule has 0 atom stereocenters. The topological polar surface area (TPSA) is 74.9 Å². The average molecular weight is 499 g/mol. The summed E-state index contributed by atoms with van der Waals surface area (Å²) < 4.78 is 43.1. The van der Waals surface area contributed by atoms with E-state index in [1.807, 2.05) is 36.1 Å². The van der Waals surface area contributed by atoms with Crippen molar-refractivity contribution in [1.29, 1.82) is 0 Å². The number of fused-ring (bicyclic) bond motifs is 3. The van der Waals surface area contributed by atoms with Crippen molar-refractivity contribution in [3.63, 3.8) is 0 Å². The van der Waals surface area contributed by atoms with E-state index in [4.69, 9.17) is 0 Å². The lowest BCUT2D eigenvalue weighted by atomic mass is 10.1. The van der Waals surface area contributed by atoms with E-state index in [0.29, 0.717) is 43.9 Å². The van der Waals surface area contributed by atoms with Crippen LogP contribution in [0.1, 0.15) is 11.3 Å². The summed E-state index contributed by atoms with van der Waals surface area (Å²) >= 11 is 0. The van der Waals surface area contributed by atoms with Gasteiger partial charge in [-0.05, 0) is 31.2 Å². The van der Waals surface area contributed by atoms with Crippen molar-refractivity contribution in [1.82, 2.24) is 24.0 Å². The number of halogens is 3. The second kappa shape index (κ2) is 9.40. The summed E-state index contributed by atoms with van der Waals surface area (Å²) in [6, 6.07) is 14.2. The Kier molecular flexibility index (Phi) is 6.27. The first kappa shape index (κ1) is 24.0. The van der Waals surface area contributed by atoms with Crippen LogP contribution in [-0.2, 0) is 17.6 Å². The maximum Gasteiger partial charge on any atom is 0.418 e. The molecule has 0 bridgehead atoms. The lowest BCUT2D eigenvalue weighted by Gasteiger charge is -2.34. The van der Waals surface area contributed by atoms with Crippen molar-refractivity contribution in [3.05, 3.63) is 76.2 Å². The van der Waals surface area contributed by atoms with Crippen LogP contribution < -0.4 is 10.9 Å². The lowest BCUT2D eigenvalue weighted by molar-refractivity contribution is -0.137. The van der Waals surface area contributed by atoms with Gasteiger partial charge in [-0.25, -0.2) is 4.52 Å². The molecule has 4 aromatic rings. The van der Waals surface area contributed by atoms with E-state index in [0.717, 1.165) is 17.3 Å². The van der Waals surface area contributed by atoms with Crippen LogP contribution in [0.3, 0.4) is 0 Å². The standard InChI is InChI=1S/C25H25F3N6O2/c1-17-14-23-33(24(36)18-6-2-5-9-21(18)34(23)30-17)16-32-12-10-31(11-13-32)15-22(35)29-20-8-4-3-7-19(20)25(26,27)28/h2-9,14H,10-13,15-16H2,1H3,(H,29,35). The van der Waals surface area contributed by atoms with Crippen molar-refractivity contribution in [2.24, 2.45) is 0 Å². The van der Waals surface area contributed by atoms with Gasteiger partial charge in [0.15, 0.2) is 0 Å². The second-order valence-electron chi connectivity index (χ2n) is 8.93. The number of rotatable bonds is 5. The molecule has 2 aromatic carbocycles. The van der Waals surface area contributed by atoms with Gasteiger partial charge in [-0.2, -0.15) is 18.3 Å². The van der Waals surface area contributed by atoms with Crippen molar-refractivity contribution < 1.29 is 18.0 Å². The number of piperazine rings is 1. The Morgan fingerprint density at radius 1 is 1.00 bits per heavy atom. The monoisotopic (exact) mass is 498 g/mol. The number of amides is 1. The first-order chi connectivity index (χ1) is 17.2. The zero-order valence-electron chi connectivity index (χ0n) is 19.6. The molecule has 0 aliphatic carbocycles. The number of nitrogens with one attached hydrogen (secondary N) is 1. The van der Waals surface area contributed by atoms with Gasteiger partial charge in [0, 0.05) is 32.2 Å². The highest BCUT2D eigenvalue weighted by Gasteiger charge is 2.33. The third kappa shape index (κ3) is 4.71. The van der Waals surface area contributed by atoms with E-state index in [1.54, 1.807) is 15.1 Å². The molecule has 8 nitrogen and oxygen atoms in total. The predicted molar refractivity (Wildman–Crippen MR) is 130 cm³/mol. The Labute approximate surface area is 204 Å². The van der Waals surface area contributed by atoms with Gasteiger partial charge in [0.1, 0.15) is 5.65 Å². The van der Waals surface area contributed by atoms with Crippen LogP contribution in [0.2, 0.25) is 0 Å². The maximum absolute atomic E-state index is 13.3. The normalized spacial score (nSPS) is 15.6. The van der Waals surface area contributed by atoms with E-state index in [2.05, 4.69) is 15.3 Å². The number of hydrogen-bond donors (Lipinski definition) is 1. The number of aryl methyl sites for hydroxylation is 1. The smallest absolute Gasteiger partial charge is 0.324 e. The molecular formula is C25H25F3N6O2. The first-order valence-electron chi connectivity index (χ1n) is 11.6. The molecule has 0 unspecified atom stereocenters. The SMILES string of the molecule is Cc1cc2n(CN3CCN(CC(=O)Nc4ccccc4C(F)(F)F)CC3)c(=O)c3ccccc3n2n1. The van der Waals surface area contributed by atoms with E-state index in [-0.39, 0.29) is 17.8 Å². The molecule has 5 rings (SSSR count). The quantitative estimate of drug-likeness (QED) is 0.458. The fraction of sp³-hybridized carbons (Fsp3) is 0.320. The van der Waals surface area contributed by atoms with E-state index >= 15 is 0 Å². The molecule has 3 heterocycles. The minimum Gasteiger partial charge on any atom is -0.324 e. The fourth-order valence-corrected chi connectivity index (χ4v) is 4.60. The van der Waals surface area contributed by atoms with E-state index in [9.17, 15) is 22.8 Å². The molecule has 1 amide bonds. The summed E-state index contributed by atoms with van der Waals surface area (Å²) in [7, 11) is 0. The summed E-state index contributed by atoms with van der Waals surface area (Å²) in [6.45, 7) is 4.54. The van der Waals surface area contributed by atoms with Gasteiger partial charge >= 0.3 is 6.18 Å². The van der Waals surface area contributed by atoms with Crippen LogP contribution in [0.25, 0.3) is 16.6 Å². The van der Waals surface area contributed by atoms with Crippen LogP contribution in [0.4, 0.5) is 18.9 Å². The third-order valence-electron chi connectivity index (χ3n) is 6.38. The van der Waals surface area contributed by atoms with Crippen molar-refractivity contribution in [2.45, 2.75) is 19.8 Å². The van der Waals surface area contributed by atoms with Gasteiger partial charge in [-0.3, -0.25) is 24.0 Å². The maximum atomic E-state index is 13.3. The Balaban J connectivity index is 1.25. The number of benzene rings is 2. The molecule has 1 fully saturated rings. The molecule has 1 aliphatic rings. The number of aromatic nitrogens is 3. The van der Waals surface area contributed by atoms with Crippen molar-refractivity contribution in [3.8, 4) is 0 Å². The zero-order valence-corrected chi connectivity index (χ0v) is 19.6. The van der Waals surface area contributed by atoms with Gasteiger partial charge < -0.3 is 5.32 Å². The minimum absolute atomic E-state index is 0.0119. The van der Waals surface area contributed by atoms with Crippen LogP contribution in [-0.4, -0.2) is 62.6 Å². The number of carbonyl (C=O) groups excluding carboxylic acids is 1. The van der Waals surface area contributed by atoms with Gasteiger partial charge in [-0.1, -0.05) is 24.3 Å². The zero-order chi connectivity index (χ0) is 25.4. The van der Waals surface area contributed by atoms with Gasteiger partial charge in [-0.15, -0.1) is 0 Å². The molecule has 0 spiro atoms. The summed E-state index contributed by atoms with van der Waals surface area (Å²) in [5.41, 5.74) is 1.06. The minimum atomic E-state index is -4.55. The summed E-state index contributed by atoms with van der Waals surface area (Å²) in [5, 5.41) is 7.53. The Bertz CT molecular complexity index is 1480. The summed E-state index contributed by atoms with van der Waals surface area (Å²) in [6.07, 6.45) is -4.55. The molecule has 1 saturated heterocycles. The molecule has 0 radical (unpaired) electrons. The predicted octanol–water partition coefficient (Wildman–Crippen LogP) is 3.19. The number of para-hydroxylation sites is 2. The van der Waals surface area contributed by atoms with Gasteiger partial charge in [0.05, 0.1) is 41.1 Å². The first-order valence-corrected chi connectivity index (χ1v) is 11.6. The lowest BCUT2D eigenvalue weighted by Crippen LogP contribution is -2.49. The van der Waals surface area contributed by atoms with Crippen LogP contribution in [0.5, 0.6) is 0 Å². The highest BCUT2D eigenvalue weighted by Crippen LogP contribution is 2.34. The average Bonchev–Trinajstić information content (AvgIpc) is 3.24. The molecule has 11 heteroatoms. The summed E-state index contributed by atoms with van der Waals surface area (Å²) in [4.78, 5) is 29.7. The van der Waals surface area contributed by atoms with E-state index < -0.39 is 17.6 Å². The Morgan fingerprint density at radius 2 is 1.67 bits per heavy atom. The summed E-state index contributed by atoms with van der Waals surface area (Å²) in [5.74, 6) is -0.498. The third-order valence-corrected chi connectivity index (χ3v) is 6.38. The molecule has 0 saturated carbocycles. The van der Waals surface area contributed by atoms with E-state index in [1.165, 1.54) is 18.2 Å². The van der Waals surface area contributed by atoms with Gasteiger partial charge in [0.2, 0.25) is 5.91 Å². The number of hydrogen-bond acceptors (Lipinski definition) is 5. The molecule has 2 aromatic heterocycles. The Morgan fingerprint density at radius 3 is 2.42 bits per heavy atom. The molecule has 188 valence electrons. The highest BCUT2D eigenvalue weighted by molar-refractivity contribution is 5.93. The van der Waals surface area contributed by atoms with Crippen LogP contribution >= 0.6 is 0 Å². The molecule has 1 N–H and O–H groups in total. The van der Waals surface area contributed by atoms with Gasteiger partial charge in [0.25, 0.3) is 5.56 Å². The Hall–Kier alpha value is -3.70. The van der Waals surface area contributed by atoms with Crippen molar-refractivity contribution >= 4 is 28.1 Å². The number of anilines is 1. The largest absolute Gasteiger partial charge is 0.418 e. The molecule has 36 heavy (non-hydrogen) atoms. The highest BCUT2D eigenvalue weighted by atomic mass is 19.4. The number of alkyl halides is 3. The van der Waals surface area contributed by atoms with Crippen molar-refractivity contribution in [2.75, 3.05) is 38.0 Å². The number of carbonyl (C=O) groups is 1. The van der Waals surface area contributed by atoms with Crippen LogP contribution in [0, 0.1) is 6.92 Å². The fourth-order valence-electron chi connectivity index (χ4n) is 4.60.